The van der Waals surface area contributed by atoms with E-state index in [1.54, 1.807) is 14.2 Å². The van der Waals surface area contributed by atoms with Gasteiger partial charge in [-0.3, -0.25) is 4.90 Å². The minimum absolute atomic E-state index is 0.149. The van der Waals surface area contributed by atoms with Gasteiger partial charge in [0.15, 0.2) is 23.0 Å². The molecule has 0 saturated carbocycles. The SMILES string of the molecule is COc1ccccc1OCCN(CCOc1ccccc1OC)CC(O)COc1cccc2[nH]c3ccccc3c12. The van der Waals surface area contributed by atoms with E-state index < -0.39 is 6.10 Å². The first-order valence-electron chi connectivity index (χ1n) is 13.7. The molecule has 41 heavy (non-hydrogen) atoms. The first-order valence-corrected chi connectivity index (χ1v) is 13.7. The summed E-state index contributed by atoms with van der Waals surface area (Å²) in [6.07, 6.45) is -0.729. The third-order valence-electron chi connectivity index (χ3n) is 6.86. The van der Waals surface area contributed by atoms with E-state index in [1.165, 1.54) is 0 Å². The minimum atomic E-state index is -0.729. The Morgan fingerprint density at radius 3 is 1.80 bits per heavy atom. The van der Waals surface area contributed by atoms with Crippen LogP contribution in [0.5, 0.6) is 28.7 Å². The van der Waals surface area contributed by atoms with Crippen molar-refractivity contribution in [3.8, 4) is 28.7 Å². The molecule has 0 saturated heterocycles. The van der Waals surface area contributed by atoms with E-state index in [9.17, 15) is 5.11 Å². The first kappa shape index (κ1) is 28.1. The highest BCUT2D eigenvalue weighted by Crippen LogP contribution is 2.33. The summed E-state index contributed by atoms with van der Waals surface area (Å²) in [5.41, 5.74) is 2.05. The van der Waals surface area contributed by atoms with Gasteiger partial charge >= 0.3 is 0 Å². The molecule has 0 bridgehead atoms. The monoisotopic (exact) mass is 556 g/mol. The summed E-state index contributed by atoms with van der Waals surface area (Å²) in [6.45, 7) is 2.50. The van der Waals surface area contributed by atoms with E-state index in [0.29, 0.717) is 55.8 Å². The molecule has 0 radical (unpaired) electrons. The molecule has 0 aliphatic carbocycles. The lowest BCUT2D eigenvalue weighted by Crippen LogP contribution is -2.40. The van der Waals surface area contributed by atoms with E-state index >= 15 is 0 Å². The van der Waals surface area contributed by atoms with Crippen LogP contribution < -0.4 is 23.7 Å². The number of aliphatic hydroxyl groups is 1. The number of rotatable bonds is 15. The van der Waals surface area contributed by atoms with Gasteiger partial charge in [-0.05, 0) is 42.5 Å². The average molecular weight is 557 g/mol. The summed E-state index contributed by atoms with van der Waals surface area (Å²) in [5, 5.41) is 13.1. The van der Waals surface area contributed by atoms with Crippen molar-refractivity contribution in [2.45, 2.75) is 6.10 Å². The lowest BCUT2D eigenvalue weighted by Gasteiger charge is -2.25. The molecule has 0 amide bonds. The number of nitrogens with one attached hydrogen (secondary N) is 1. The number of benzene rings is 4. The molecule has 4 aromatic carbocycles. The van der Waals surface area contributed by atoms with Gasteiger partial charge in [0.05, 0.1) is 19.7 Å². The van der Waals surface area contributed by atoms with Crippen molar-refractivity contribution in [1.29, 1.82) is 0 Å². The van der Waals surface area contributed by atoms with Gasteiger partial charge in [0.2, 0.25) is 0 Å². The summed E-state index contributed by atoms with van der Waals surface area (Å²) >= 11 is 0. The van der Waals surface area contributed by atoms with E-state index in [0.717, 1.165) is 27.6 Å². The van der Waals surface area contributed by atoms with Crippen LogP contribution in [0.4, 0.5) is 0 Å². The molecular weight excluding hydrogens is 520 g/mol. The van der Waals surface area contributed by atoms with Crippen LogP contribution in [0.25, 0.3) is 21.8 Å². The second-order valence-electron chi connectivity index (χ2n) is 9.61. The number of aliphatic hydroxyl groups excluding tert-OH is 1. The van der Waals surface area contributed by atoms with E-state index in [1.807, 2.05) is 84.9 Å². The maximum absolute atomic E-state index is 11.0. The molecule has 0 spiro atoms. The number of nitrogens with zero attached hydrogens (tertiary/aromatic N) is 1. The summed E-state index contributed by atoms with van der Waals surface area (Å²) < 4.78 is 29.0. The highest BCUT2D eigenvalue weighted by atomic mass is 16.5. The first-order chi connectivity index (χ1) is 20.2. The van der Waals surface area contributed by atoms with Gasteiger partial charge in [0.25, 0.3) is 0 Å². The molecule has 1 atom stereocenters. The molecule has 5 aromatic rings. The second-order valence-corrected chi connectivity index (χ2v) is 9.61. The van der Waals surface area contributed by atoms with Crippen molar-refractivity contribution in [3.05, 3.63) is 91.0 Å². The largest absolute Gasteiger partial charge is 0.493 e. The molecule has 0 aliphatic rings. The number of para-hydroxylation sites is 5. The van der Waals surface area contributed by atoms with Gasteiger partial charge in [-0.25, -0.2) is 0 Å². The molecule has 5 rings (SSSR count). The Hall–Kier alpha value is -4.40. The Morgan fingerprint density at radius 1 is 0.634 bits per heavy atom. The van der Waals surface area contributed by atoms with Crippen molar-refractivity contribution in [1.82, 2.24) is 9.88 Å². The number of aromatic amines is 1. The highest BCUT2D eigenvalue weighted by Gasteiger charge is 2.16. The fraction of sp³-hybridized carbons (Fsp3) is 0.273. The van der Waals surface area contributed by atoms with E-state index in [4.69, 9.17) is 23.7 Å². The lowest BCUT2D eigenvalue weighted by molar-refractivity contribution is 0.0583. The fourth-order valence-electron chi connectivity index (χ4n) is 4.87. The maximum Gasteiger partial charge on any atom is 0.161 e. The normalized spacial score (nSPS) is 12.0. The Balaban J connectivity index is 1.22. The predicted octanol–water partition coefficient (Wildman–Crippen LogP) is 5.54. The number of aromatic nitrogens is 1. The van der Waals surface area contributed by atoms with Crippen LogP contribution in [0.2, 0.25) is 0 Å². The van der Waals surface area contributed by atoms with Gasteiger partial charge < -0.3 is 33.8 Å². The van der Waals surface area contributed by atoms with Gasteiger partial charge in [0, 0.05) is 35.9 Å². The van der Waals surface area contributed by atoms with Crippen molar-refractivity contribution in [2.75, 3.05) is 53.7 Å². The van der Waals surface area contributed by atoms with Crippen LogP contribution >= 0.6 is 0 Å². The molecule has 1 heterocycles. The Bertz CT molecular complexity index is 1500. The van der Waals surface area contributed by atoms with Crippen molar-refractivity contribution in [2.24, 2.45) is 0 Å². The van der Waals surface area contributed by atoms with Gasteiger partial charge in [0.1, 0.15) is 31.7 Å². The summed E-state index contributed by atoms with van der Waals surface area (Å²) in [4.78, 5) is 5.53. The molecule has 1 unspecified atom stereocenters. The third kappa shape index (κ3) is 7.03. The molecule has 0 fully saturated rings. The number of hydrogen-bond donors (Lipinski definition) is 2. The van der Waals surface area contributed by atoms with Crippen molar-refractivity contribution >= 4 is 21.8 Å². The highest BCUT2D eigenvalue weighted by molar-refractivity contribution is 6.10. The zero-order chi connectivity index (χ0) is 28.4. The Morgan fingerprint density at radius 2 is 1.17 bits per heavy atom. The second kappa shape index (κ2) is 13.8. The van der Waals surface area contributed by atoms with Crippen LogP contribution in [0.1, 0.15) is 0 Å². The zero-order valence-electron chi connectivity index (χ0n) is 23.4. The van der Waals surface area contributed by atoms with Crippen LogP contribution in [0.3, 0.4) is 0 Å². The molecule has 214 valence electrons. The smallest absolute Gasteiger partial charge is 0.161 e. The standard InChI is InChI=1S/C33H36N2O6/c1-37-28-13-5-7-15-30(28)39-20-18-35(19-21-40-31-16-8-6-14-29(31)38-2)22-24(36)23-41-32-17-9-12-27-33(32)25-10-3-4-11-26(25)34-27/h3-17,24,34,36H,18-23H2,1-2H3. The molecule has 8 heteroatoms. The molecular formula is C33H36N2O6. The van der Waals surface area contributed by atoms with Crippen molar-refractivity contribution in [3.63, 3.8) is 0 Å². The maximum atomic E-state index is 11.0. The molecule has 2 N–H and O–H groups in total. The number of H-pyrrole nitrogens is 1. The molecule has 8 nitrogen and oxygen atoms in total. The number of ether oxygens (including phenoxy) is 5. The van der Waals surface area contributed by atoms with Crippen LogP contribution in [-0.2, 0) is 0 Å². The van der Waals surface area contributed by atoms with Crippen LogP contribution in [-0.4, -0.2) is 74.8 Å². The third-order valence-corrected chi connectivity index (χ3v) is 6.86. The molecule has 1 aromatic heterocycles. The van der Waals surface area contributed by atoms with E-state index in [2.05, 4.69) is 16.0 Å². The Labute approximate surface area is 240 Å². The van der Waals surface area contributed by atoms with Gasteiger partial charge in [-0.1, -0.05) is 48.5 Å². The lowest BCUT2D eigenvalue weighted by atomic mass is 10.1. The number of hydrogen-bond acceptors (Lipinski definition) is 7. The van der Waals surface area contributed by atoms with Gasteiger partial charge in [-0.15, -0.1) is 0 Å². The topological polar surface area (TPSA) is 85.4 Å². The number of fused-ring (bicyclic) bond motifs is 3. The van der Waals surface area contributed by atoms with E-state index in [-0.39, 0.29) is 6.61 Å². The zero-order valence-corrected chi connectivity index (χ0v) is 23.4. The van der Waals surface area contributed by atoms with Crippen molar-refractivity contribution < 1.29 is 28.8 Å². The van der Waals surface area contributed by atoms with Crippen LogP contribution in [0.15, 0.2) is 91.0 Å². The number of methoxy groups -OCH3 is 2. The van der Waals surface area contributed by atoms with Gasteiger partial charge in [-0.2, -0.15) is 0 Å². The Kier molecular flexibility index (Phi) is 9.46. The summed E-state index contributed by atoms with van der Waals surface area (Å²) in [7, 11) is 3.24. The summed E-state index contributed by atoms with van der Waals surface area (Å²) in [6, 6.07) is 29.2. The predicted molar refractivity (Wildman–Crippen MR) is 161 cm³/mol. The summed E-state index contributed by atoms with van der Waals surface area (Å²) in [5.74, 6) is 3.45. The fourth-order valence-corrected chi connectivity index (χ4v) is 4.87. The minimum Gasteiger partial charge on any atom is -0.493 e. The van der Waals surface area contributed by atoms with Crippen LogP contribution in [0, 0.1) is 0 Å². The average Bonchev–Trinajstić information content (AvgIpc) is 3.40. The quantitative estimate of drug-likeness (QED) is 0.175. The molecule has 0 aliphatic heterocycles.